The number of aromatic nitrogens is 2. The van der Waals surface area contributed by atoms with E-state index in [-0.39, 0.29) is 11.8 Å². The number of halogens is 1. The highest BCUT2D eigenvalue weighted by Crippen LogP contribution is 2.23. The van der Waals surface area contributed by atoms with Gasteiger partial charge in [0.1, 0.15) is 0 Å². The first-order chi connectivity index (χ1) is 14.6. The Hall–Kier alpha value is -3.12. The summed E-state index contributed by atoms with van der Waals surface area (Å²) >= 11 is 6.02. The summed E-state index contributed by atoms with van der Waals surface area (Å²) in [4.78, 5) is 27.2. The highest BCUT2D eigenvalue weighted by molar-refractivity contribution is 6.30. The Bertz CT molecular complexity index is 1050. The molecule has 0 fully saturated rings. The molecule has 0 unspecified atom stereocenters. The molecule has 0 bridgehead atoms. The maximum Gasteiger partial charge on any atom is 0.272 e. The molecule has 2 amide bonds. The van der Waals surface area contributed by atoms with Gasteiger partial charge >= 0.3 is 0 Å². The Morgan fingerprint density at radius 2 is 1.97 bits per heavy atom. The fourth-order valence-electron chi connectivity index (χ4n) is 3.68. The number of H-pyrrole nitrogens is 1. The van der Waals surface area contributed by atoms with Gasteiger partial charge in [0.25, 0.3) is 11.8 Å². The van der Waals surface area contributed by atoms with Crippen LogP contribution in [0.5, 0.6) is 0 Å². The molecule has 0 saturated heterocycles. The van der Waals surface area contributed by atoms with Gasteiger partial charge in [-0.15, -0.1) is 0 Å². The van der Waals surface area contributed by atoms with Crippen molar-refractivity contribution in [2.45, 2.75) is 25.8 Å². The number of hydrogen-bond donors (Lipinski definition) is 2. The van der Waals surface area contributed by atoms with Crippen molar-refractivity contribution in [3.05, 3.63) is 87.7 Å². The van der Waals surface area contributed by atoms with Gasteiger partial charge in [-0.2, -0.15) is 5.10 Å². The lowest BCUT2D eigenvalue weighted by Gasteiger charge is -2.27. The summed E-state index contributed by atoms with van der Waals surface area (Å²) in [6.45, 7) is 1.49. The number of aromatic amines is 1. The topological polar surface area (TPSA) is 78.1 Å². The number of benzene rings is 2. The Morgan fingerprint density at radius 1 is 1.13 bits per heavy atom. The van der Waals surface area contributed by atoms with E-state index in [2.05, 4.69) is 27.6 Å². The Kier molecular flexibility index (Phi) is 6.14. The molecule has 154 valence electrons. The number of amides is 2. The predicted molar refractivity (Wildman–Crippen MR) is 116 cm³/mol. The van der Waals surface area contributed by atoms with Crippen LogP contribution in [0.1, 0.15) is 44.1 Å². The lowest BCUT2D eigenvalue weighted by molar-refractivity contribution is 0.0731. The lowest BCUT2D eigenvalue weighted by atomic mass is 10.0. The second kappa shape index (κ2) is 9.13. The lowest BCUT2D eigenvalue weighted by Crippen LogP contribution is -2.37. The molecule has 2 N–H and O–H groups in total. The zero-order chi connectivity index (χ0) is 20.9. The van der Waals surface area contributed by atoms with Crippen LogP contribution in [0, 0.1) is 0 Å². The zero-order valence-corrected chi connectivity index (χ0v) is 17.3. The third kappa shape index (κ3) is 4.54. The largest absolute Gasteiger partial charge is 0.351 e. The molecule has 3 aromatic rings. The van der Waals surface area contributed by atoms with Crippen molar-refractivity contribution in [3.63, 3.8) is 0 Å². The van der Waals surface area contributed by atoms with Crippen molar-refractivity contribution < 1.29 is 9.59 Å². The maximum atomic E-state index is 12.8. The summed E-state index contributed by atoms with van der Waals surface area (Å²) in [6.07, 6.45) is 2.39. The van der Waals surface area contributed by atoms with Crippen molar-refractivity contribution >= 4 is 23.4 Å². The number of carbonyl (C=O) groups excluding carboxylic acids is 2. The molecule has 7 heteroatoms. The molecule has 2 heterocycles. The summed E-state index contributed by atoms with van der Waals surface area (Å²) in [6, 6.07) is 17.1. The molecule has 1 aliphatic rings. The van der Waals surface area contributed by atoms with E-state index in [1.165, 1.54) is 5.56 Å². The molecule has 0 saturated carbocycles. The van der Waals surface area contributed by atoms with Crippen molar-refractivity contribution in [2.24, 2.45) is 0 Å². The fraction of sp³-hybridized carbons (Fsp3) is 0.261. The maximum absolute atomic E-state index is 12.8. The molecular formula is C23H23ClN4O2. The number of rotatable bonds is 6. The number of fused-ring (bicyclic) bond motifs is 1. The standard InChI is InChI=1S/C23H23ClN4O2/c24-18-10-4-9-17(14-18)23(30)28-13-11-20-19(15-28)21(27-26-20)22(29)25-12-5-8-16-6-2-1-3-7-16/h1-4,6-7,9-10,14H,5,8,11-13,15H2,(H,25,29)(H,26,27). The molecule has 4 rings (SSSR count). The van der Waals surface area contributed by atoms with Crippen LogP contribution in [-0.4, -0.2) is 40.0 Å². The van der Waals surface area contributed by atoms with Crippen molar-refractivity contribution in [1.29, 1.82) is 0 Å². The SMILES string of the molecule is O=C(NCCCc1ccccc1)c1n[nH]c2c1CN(C(=O)c1cccc(Cl)c1)CC2. The third-order valence-electron chi connectivity index (χ3n) is 5.28. The van der Waals surface area contributed by atoms with Gasteiger partial charge in [0.15, 0.2) is 5.69 Å². The van der Waals surface area contributed by atoms with Crippen molar-refractivity contribution in [2.75, 3.05) is 13.1 Å². The number of hydrogen-bond acceptors (Lipinski definition) is 3. The highest BCUT2D eigenvalue weighted by Gasteiger charge is 2.28. The van der Waals surface area contributed by atoms with E-state index in [4.69, 9.17) is 11.6 Å². The minimum absolute atomic E-state index is 0.0985. The van der Waals surface area contributed by atoms with Crippen LogP contribution in [0.15, 0.2) is 54.6 Å². The van der Waals surface area contributed by atoms with Gasteiger partial charge in [-0.05, 0) is 36.6 Å². The first-order valence-electron chi connectivity index (χ1n) is 10.0. The molecular weight excluding hydrogens is 400 g/mol. The quantitative estimate of drug-likeness (QED) is 0.595. The van der Waals surface area contributed by atoms with Crippen LogP contribution < -0.4 is 5.32 Å². The molecule has 0 radical (unpaired) electrons. The molecule has 0 spiro atoms. The van der Waals surface area contributed by atoms with Gasteiger partial charge < -0.3 is 10.2 Å². The normalized spacial score (nSPS) is 13.0. The second-order valence-electron chi connectivity index (χ2n) is 7.36. The van der Waals surface area contributed by atoms with Crippen LogP contribution in [0.25, 0.3) is 0 Å². The van der Waals surface area contributed by atoms with Gasteiger partial charge in [-0.25, -0.2) is 0 Å². The van der Waals surface area contributed by atoms with Gasteiger partial charge in [0.2, 0.25) is 0 Å². The van der Waals surface area contributed by atoms with Gasteiger partial charge in [0.05, 0.1) is 6.54 Å². The number of nitrogens with one attached hydrogen (secondary N) is 2. The minimum Gasteiger partial charge on any atom is -0.351 e. The zero-order valence-electron chi connectivity index (χ0n) is 16.5. The van der Waals surface area contributed by atoms with Gasteiger partial charge in [-0.1, -0.05) is 48.0 Å². The average Bonchev–Trinajstić information content (AvgIpc) is 3.20. The number of carbonyl (C=O) groups is 2. The van der Waals surface area contributed by atoms with E-state index < -0.39 is 0 Å². The molecule has 0 aliphatic carbocycles. The van der Waals surface area contributed by atoms with Crippen molar-refractivity contribution in [3.8, 4) is 0 Å². The molecule has 2 aromatic carbocycles. The third-order valence-corrected chi connectivity index (χ3v) is 5.51. The predicted octanol–water partition coefficient (Wildman–Crippen LogP) is 3.62. The minimum atomic E-state index is -0.211. The first kappa shape index (κ1) is 20.2. The van der Waals surface area contributed by atoms with E-state index in [9.17, 15) is 9.59 Å². The smallest absolute Gasteiger partial charge is 0.272 e. The van der Waals surface area contributed by atoms with Crippen LogP contribution >= 0.6 is 11.6 Å². The van der Waals surface area contributed by atoms with Crippen LogP contribution in [-0.2, 0) is 19.4 Å². The Labute approximate surface area is 180 Å². The van der Waals surface area contributed by atoms with E-state index >= 15 is 0 Å². The Morgan fingerprint density at radius 3 is 2.77 bits per heavy atom. The summed E-state index contributed by atoms with van der Waals surface area (Å²) in [5, 5.41) is 10.7. The van der Waals surface area contributed by atoms with E-state index in [1.54, 1.807) is 29.2 Å². The van der Waals surface area contributed by atoms with Crippen molar-refractivity contribution in [1.82, 2.24) is 20.4 Å². The Balaban J connectivity index is 1.37. The molecule has 0 atom stereocenters. The van der Waals surface area contributed by atoms with E-state index in [1.807, 2.05) is 18.2 Å². The monoisotopic (exact) mass is 422 g/mol. The van der Waals surface area contributed by atoms with Crippen LogP contribution in [0.2, 0.25) is 5.02 Å². The second-order valence-corrected chi connectivity index (χ2v) is 7.80. The summed E-state index contributed by atoms with van der Waals surface area (Å²) < 4.78 is 0. The summed E-state index contributed by atoms with van der Waals surface area (Å²) in [7, 11) is 0. The number of nitrogens with zero attached hydrogens (tertiary/aromatic N) is 2. The van der Waals surface area contributed by atoms with Gasteiger partial charge in [0, 0.05) is 41.4 Å². The first-order valence-corrected chi connectivity index (χ1v) is 10.4. The summed E-state index contributed by atoms with van der Waals surface area (Å²) in [5.74, 6) is -0.309. The average molecular weight is 423 g/mol. The molecule has 1 aromatic heterocycles. The van der Waals surface area contributed by atoms with Crippen LogP contribution in [0.3, 0.4) is 0 Å². The molecule has 6 nitrogen and oxygen atoms in total. The molecule has 1 aliphatic heterocycles. The van der Waals surface area contributed by atoms with Gasteiger partial charge in [-0.3, -0.25) is 14.7 Å². The number of aryl methyl sites for hydroxylation is 1. The van der Waals surface area contributed by atoms with E-state index in [0.29, 0.717) is 42.3 Å². The van der Waals surface area contributed by atoms with Crippen LogP contribution in [0.4, 0.5) is 0 Å². The van der Waals surface area contributed by atoms with E-state index in [0.717, 1.165) is 24.1 Å². The molecule has 30 heavy (non-hydrogen) atoms. The fourth-order valence-corrected chi connectivity index (χ4v) is 3.87. The summed E-state index contributed by atoms with van der Waals surface area (Å²) in [5.41, 5.74) is 3.87. The highest BCUT2D eigenvalue weighted by atomic mass is 35.5.